The Kier molecular flexibility index (Phi) is 4.36. The number of carbonyl (C=O) groups excluding carboxylic acids is 2. The number of methoxy groups -OCH3 is 1. The molecule has 0 aromatic heterocycles. The molecule has 22 heavy (non-hydrogen) atoms. The predicted octanol–water partition coefficient (Wildman–Crippen LogP) is 0.506. The van der Waals surface area contributed by atoms with Crippen LogP contribution in [0.5, 0.6) is 5.75 Å². The molecule has 1 aromatic rings. The molecule has 1 N–H and O–H groups in total. The molecule has 7 nitrogen and oxygen atoms in total. The zero-order valence-electron chi connectivity index (χ0n) is 11.6. The van der Waals surface area contributed by atoms with Crippen molar-refractivity contribution in [2.45, 2.75) is 17.7 Å². The number of esters is 1. The van der Waals surface area contributed by atoms with E-state index in [-0.39, 0.29) is 5.75 Å². The molecule has 0 saturated carbocycles. The highest BCUT2D eigenvalue weighted by Gasteiger charge is 2.44. The molecule has 0 spiro atoms. The molecule has 9 heteroatoms. The predicted molar refractivity (Wildman–Crippen MR) is 73.0 cm³/mol. The third-order valence-corrected chi connectivity index (χ3v) is 4.58. The van der Waals surface area contributed by atoms with Crippen molar-refractivity contribution in [3.05, 3.63) is 29.8 Å². The third kappa shape index (κ3) is 3.19. The molecule has 1 heterocycles. The topological polar surface area (TPSA) is 101 Å². The van der Waals surface area contributed by atoms with Gasteiger partial charge in [0.2, 0.25) is 5.91 Å². The van der Waals surface area contributed by atoms with Gasteiger partial charge in [-0.05, 0) is 17.7 Å². The molecule has 1 aliphatic heterocycles. The Morgan fingerprint density at radius 1 is 1.41 bits per heavy atom. The van der Waals surface area contributed by atoms with Gasteiger partial charge in [-0.25, -0.2) is 4.79 Å². The average Bonchev–Trinajstić information content (AvgIpc) is 2.83. The van der Waals surface area contributed by atoms with Gasteiger partial charge < -0.3 is 14.7 Å². The quantitative estimate of drug-likeness (QED) is 0.637. The van der Waals surface area contributed by atoms with Gasteiger partial charge in [0, 0.05) is 13.0 Å². The van der Waals surface area contributed by atoms with Crippen LogP contribution in [0.4, 0.5) is 3.89 Å². The number of hydrogen-bond acceptors (Lipinski definition) is 6. The van der Waals surface area contributed by atoms with Crippen LogP contribution in [-0.4, -0.2) is 49.2 Å². The van der Waals surface area contributed by atoms with Gasteiger partial charge in [-0.1, -0.05) is 12.1 Å². The Balaban J connectivity index is 2.36. The molecule has 1 aromatic carbocycles. The van der Waals surface area contributed by atoms with Crippen molar-refractivity contribution in [1.82, 2.24) is 4.90 Å². The van der Waals surface area contributed by atoms with Gasteiger partial charge in [-0.15, -0.1) is 3.89 Å². The van der Waals surface area contributed by atoms with Gasteiger partial charge in [0.1, 0.15) is 11.0 Å². The summed E-state index contributed by atoms with van der Waals surface area (Å²) in [5, 5.41) is 7.78. The third-order valence-electron chi connectivity index (χ3n) is 3.47. The minimum absolute atomic E-state index is 0.0377. The number of hydrogen-bond donors (Lipinski definition) is 1. The zero-order chi connectivity index (χ0) is 16.5. The second kappa shape index (κ2) is 5.91. The maximum atomic E-state index is 13.1. The summed E-state index contributed by atoms with van der Waals surface area (Å²) in [6.07, 6.45) is -0.523. The maximum absolute atomic E-state index is 13.1. The summed E-state index contributed by atoms with van der Waals surface area (Å²) in [6, 6.07) is 4.25. The van der Waals surface area contributed by atoms with E-state index in [1.807, 2.05) is 0 Å². The van der Waals surface area contributed by atoms with Gasteiger partial charge in [-0.2, -0.15) is 8.42 Å². The van der Waals surface area contributed by atoms with Crippen LogP contribution in [0.3, 0.4) is 0 Å². The fourth-order valence-corrected chi connectivity index (χ4v) is 3.03. The standard InChI is InChI=1S/C13H14FNO6S/c1-21-13(18)12(8-2-4-9(16)5-3-8)15-7-10(6-11(15)17)22(14,19)20/h2-5,10,12,16H,6-7H2,1H3/t10?,12-/m1/s1. The van der Waals surface area contributed by atoms with Crippen LogP contribution in [0.1, 0.15) is 18.0 Å². The molecule has 120 valence electrons. The summed E-state index contributed by atoms with van der Waals surface area (Å²) in [5.74, 6) is -1.48. The number of phenolic OH excluding ortho intramolecular Hbond substituents is 1. The highest BCUT2D eigenvalue weighted by atomic mass is 32.3. The van der Waals surface area contributed by atoms with E-state index in [2.05, 4.69) is 4.74 Å². The van der Waals surface area contributed by atoms with E-state index in [0.29, 0.717) is 5.56 Å². The van der Waals surface area contributed by atoms with Gasteiger partial charge in [-0.3, -0.25) is 4.79 Å². The molecule has 0 aliphatic carbocycles. The molecule has 0 bridgehead atoms. The first kappa shape index (κ1) is 16.2. The molecule has 2 atom stereocenters. The zero-order valence-corrected chi connectivity index (χ0v) is 12.4. The lowest BCUT2D eigenvalue weighted by atomic mass is 10.1. The Morgan fingerprint density at radius 3 is 2.45 bits per heavy atom. The van der Waals surface area contributed by atoms with Crippen molar-refractivity contribution in [1.29, 1.82) is 0 Å². The summed E-state index contributed by atoms with van der Waals surface area (Å²) >= 11 is 0. The van der Waals surface area contributed by atoms with Crippen LogP contribution in [-0.2, 0) is 24.5 Å². The first-order chi connectivity index (χ1) is 10.2. The molecule has 1 amide bonds. The number of phenols is 1. The largest absolute Gasteiger partial charge is 0.508 e. The lowest BCUT2D eigenvalue weighted by molar-refractivity contribution is -0.151. The van der Waals surface area contributed by atoms with Crippen LogP contribution >= 0.6 is 0 Å². The molecule has 2 rings (SSSR count). The highest BCUT2D eigenvalue weighted by Crippen LogP contribution is 2.30. The molecular formula is C13H14FNO6S. The summed E-state index contributed by atoms with van der Waals surface area (Å²) in [4.78, 5) is 24.9. The average molecular weight is 331 g/mol. The van der Waals surface area contributed by atoms with E-state index in [1.165, 1.54) is 24.3 Å². The summed E-state index contributed by atoms with van der Waals surface area (Å²) < 4.78 is 39.7. The molecule has 1 aliphatic rings. The van der Waals surface area contributed by atoms with Crippen molar-refractivity contribution >= 4 is 22.1 Å². The first-order valence-corrected chi connectivity index (χ1v) is 7.78. The summed E-state index contributed by atoms with van der Waals surface area (Å²) in [6.45, 7) is -0.432. The van der Waals surface area contributed by atoms with Gasteiger partial charge in [0.05, 0.1) is 7.11 Å². The fourth-order valence-electron chi connectivity index (χ4n) is 2.35. The van der Waals surface area contributed by atoms with Crippen LogP contribution in [0.2, 0.25) is 0 Å². The second-order valence-electron chi connectivity index (χ2n) is 4.87. The molecule has 0 radical (unpaired) electrons. The number of rotatable bonds is 4. The summed E-state index contributed by atoms with van der Waals surface area (Å²) in [5.41, 5.74) is 0.329. The minimum atomic E-state index is -4.88. The number of halogens is 1. The van der Waals surface area contributed by atoms with Crippen molar-refractivity contribution in [3.8, 4) is 5.75 Å². The molecular weight excluding hydrogens is 317 g/mol. The monoisotopic (exact) mass is 331 g/mol. The summed E-state index contributed by atoms with van der Waals surface area (Å²) in [7, 11) is -3.75. The van der Waals surface area contributed by atoms with Crippen LogP contribution in [0, 0.1) is 0 Å². The first-order valence-electron chi connectivity index (χ1n) is 6.33. The van der Waals surface area contributed by atoms with Crippen molar-refractivity contribution in [2.75, 3.05) is 13.7 Å². The fraction of sp³-hybridized carbons (Fsp3) is 0.385. The van der Waals surface area contributed by atoms with Crippen molar-refractivity contribution in [3.63, 3.8) is 0 Å². The second-order valence-corrected chi connectivity index (χ2v) is 6.48. The van der Waals surface area contributed by atoms with Crippen molar-refractivity contribution < 1.29 is 31.7 Å². The molecule has 1 unspecified atom stereocenters. The Labute approximate surface area is 126 Å². The van der Waals surface area contributed by atoms with E-state index in [4.69, 9.17) is 0 Å². The highest BCUT2D eigenvalue weighted by molar-refractivity contribution is 7.87. The number of likely N-dealkylation sites (tertiary alicyclic amines) is 1. The van der Waals surface area contributed by atoms with E-state index >= 15 is 0 Å². The number of nitrogens with zero attached hydrogens (tertiary/aromatic N) is 1. The normalized spacial score (nSPS) is 20.0. The Bertz CT molecular complexity index is 687. The maximum Gasteiger partial charge on any atom is 0.333 e. The number of amides is 1. The van der Waals surface area contributed by atoms with Crippen LogP contribution in [0.15, 0.2) is 24.3 Å². The number of aromatic hydroxyl groups is 1. The minimum Gasteiger partial charge on any atom is -0.508 e. The lowest BCUT2D eigenvalue weighted by Gasteiger charge is -2.26. The van der Waals surface area contributed by atoms with Gasteiger partial charge >= 0.3 is 16.2 Å². The van der Waals surface area contributed by atoms with Crippen molar-refractivity contribution in [2.24, 2.45) is 0 Å². The van der Waals surface area contributed by atoms with Gasteiger partial charge in [0.15, 0.2) is 6.04 Å². The Morgan fingerprint density at radius 2 is 2.00 bits per heavy atom. The van der Waals surface area contributed by atoms with Gasteiger partial charge in [0.25, 0.3) is 0 Å². The number of carbonyl (C=O) groups is 2. The number of ether oxygens (including phenoxy) is 1. The van der Waals surface area contributed by atoms with E-state index in [9.17, 15) is 27.0 Å². The van der Waals surface area contributed by atoms with E-state index in [0.717, 1.165) is 12.0 Å². The SMILES string of the molecule is COC(=O)[C@@H](c1ccc(O)cc1)N1CC(S(=O)(=O)F)CC1=O. The molecule has 1 saturated heterocycles. The smallest absolute Gasteiger partial charge is 0.333 e. The lowest BCUT2D eigenvalue weighted by Crippen LogP contribution is -2.37. The van der Waals surface area contributed by atoms with Crippen LogP contribution < -0.4 is 0 Å². The Hall–Kier alpha value is -2.16. The number of benzene rings is 1. The van der Waals surface area contributed by atoms with Crippen LogP contribution in [0.25, 0.3) is 0 Å². The molecule has 1 fully saturated rings. The van der Waals surface area contributed by atoms with E-state index < -0.39 is 46.4 Å². The van der Waals surface area contributed by atoms with E-state index in [1.54, 1.807) is 0 Å².